The molecule has 0 saturated heterocycles. The SMILES string of the molecule is CCn1nc(C)c(NC(=O)C[C@@H]2CCC[C@H]2N)c1C.Cl. The third-order valence-corrected chi connectivity index (χ3v) is 4.11. The van der Waals surface area contributed by atoms with Crippen LogP contribution in [0.5, 0.6) is 0 Å². The van der Waals surface area contributed by atoms with Crippen LogP contribution in [0.4, 0.5) is 5.69 Å². The van der Waals surface area contributed by atoms with E-state index in [0.717, 1.165) is 42.9 Å². The summed E-state index contributed by atoms with van der Waals surface area (Å²) in [5.74, 6) is 0.394. The highest BCUT2D eigenvalue weighted by atomic mass is 35.5. The number of halogens is 1. The molecular weight excluding hydrogens is 276 g/mol. The molecule has 1 aliphatic rings. The van der Waals surface area contributed by atoms with Gasteiger partial charge in [-0.25, -0.2) is 0 Å². The van der Waals surface area contributed by atoms with Crippen molar-refractivity contribution in [1.29, 1.82) is 0 Å². The lowest BCUT2D eigenvalue weighted by Crippen LogP contribution is -2.28. The summed E-state index contributed by atoms with van der Waals surface area (Å²) in [4.78, 5) is 12.1. The lowest BCUT2D eigenvalue weighted by molar-refractivity contribution is -0.117. The van der Waals surface area contributed by atoms with Crippen LogP contribution in [0, 0.1) is 19.8 Å². The highest BCUT2D eigenvalue weighted by molar-refractivity contribution is 5.92. The van der Waals surface area contributed by atoms with Crippen LogP contribution in [-0.4, -0.2) is 21.7 Å². The molecule has 0 aliphatic heterocycles. The van der Waals surface area contributed by atoms with E-state index in [1.54, 1.807) is 0 Å². The van der Waals surface area contributed by atoms with E-state index >= 15 is 0 Å². The number of hydrogen-bond donors (Lipinski definition) is 2. The van der Waals surface area contributed by atoms with Gasteiger partial charge in [0.25, 0.3) is 0 Å². The molecule has 2 atom stereocenters. The number of carbonyl (C=O) groups excluding carboxylic acids is 1. The fourth-order valence-corrected chi connectivity index (χ4v) is 2.93. The van der Waals surface area contributed by atoms with Crippen molar-refractivity contribution in [3.8, 4) is 0 Å². The minimum atomic E-state index is 0. The average Bonchev–Trinajstić information content (AvgIpc) is 2.88. The maximum Gasteiger partial charge on any atom is 0.224 e. The molecule has 5 nitrogen and oxygen atoms in total. The molecule has 20 heavy (non-hydrogen) atoms. The van der Waals surface area contributed by atoms with Crippen molar-refractivity contribution in [3.05, 3.63) is 11.4 Å². The Morgan fingerprint density at radius 1 is 1.45 bits per heavy atom. The van der Waals surface area contributed by atoms with Gasteiger partial charge in [-0.3, -0.25) is 9.48 Å². The van der Waals surface area contributed by atoms with Crippen molar-refractivity contribution in [1.82, 2.24) is 9.78 Å². The van der Waals surface area contributed by atoms with Gasteiger partial charge in [0.15, 0.2) is 0 Å². The smallest absolute Gasteiger partial charge is 0.224 e. The molecule has 1 aromatic rings. The normalized spacial score (nSPS) is 21.6. The van der Waals surface area contributed by atoms with Crippen molar-refractivity contribution in [2.24, 2.45) is 11.7 Å². The number of nitrogens with zero attached hydrogens (tertiary/aromatic N) is 2. The van der Waals surface area contributed by atoms with Crippen LogP contribution < -0.4 is 11.1 Å². The molecule has 0 aromatic carbocycles. The zero-order valence-electron chi connectivity index (χ0n) is 12.5. The number of carbonyl (C=O) groups is 1. The van der Waals surface area contributed by atoms with Gasteiger partial charge in [-0.05, 0) is 39.5 Å². The summed E-state index contributed by atoms with van der Waals surface area (Å²) in [6.45, 7) is 6.77. The van der Waals surface area contributed by atoms with Gasteiger partial charge in [-0.2, -0.15) is 5.10 Å². The third kappa shape index (κ3) is 3.52. The molecule has 1 heterocycles. The molecule has 1 amide bonds. The third-order valence-electron chi connectivity index (χ3n) is 4.11. The zero-order chi connectivity index (χ0) is 14.0. The molecule has 0 unspecified atom stereocenters. The number of aryl methyl sites for hydroxylation is 2. The summed E-state index contributed by atoms with van der Waals surface area (Å²) in [7, 11) is 0. The topological polar surface area (TPSA) is 72.9 Å². The fraction of sp³-hybridized carbons (Fsp3) is 0.714. The highest BCUT2D eigenvalue weighted by Crippen LogP contribution is 2.27. The minimum Gasteiger partial charge on any atom is -0.327 e. The van der Waals surface area contributed by atoms with Crippen LogP contribution in [0.3, 0.4) is 0 Å². The number of rotatable bonds is 4. The van der Waals surface area contributed by atoms with Crippen LogP contribution >= 0.6 is 12.4 Å². The summed E-state index contributed by atoms with van der Waals surface area (Å²) >= 11 is 0. The maximum atomic E-state index is 12.1. The second kappa shape index (κ2) is 7.09. The van der Waals surface area contributed by atoms with E-state index in [1.807, 2.05) is 25.5 Å². The van der Waals surface area contributed by atoms with Crippen molar-refractivity contribution in [2.45, 2.75) is 59.0 Å². The molecule has 1 aromatic heterocycles. The summed E-state index contributed by atoms with van der Waals surface area (Å²) in [5.41, 5.74) is 8.77. The number of nitrogens with two attached hydrogens (primary N) is 1. The Labute approximate surface area is 126 Å². The highest BCUT2D eigenvalue weighted by Gasteiger charge is 2.26. The Morgan fingerprint density at radius 2 is 2.15 bits per heavy atom. The van der Waals surface area contributed by atoms with Crippen LogP contribution in [-0.2, 0) is 11.3 Å². The van der Waals surface area contributed by atoms with Gasteiger partial charge in [0.05, 0.1) is 17.1 Å². The van der Waals surface area contributed by atoms with E-state index < -0.39 is 0 Å². The Balaban J connectivity index is 0.00000200. The Hall–Kier alpha value is -1.07. The molecule has 6 heteroatoms. The van der Waals surface area contributed by atoms with Gasteiger partial charge >= 0.3 is 0 Å². The molecule has 1 aliphatic carbocycles. The molecule has 0 spiro atoms. The predicted octanol–water partition coefficient (Wildman–Crippen LogP) is 2.40. The molecule has 0 radical (unpaired) electrons. The number of nitrogens with one attached hydrogen (secondary N) is 1. The molecular formula is C14H25ClN4O. The lowest BCUT2D eigenvalue weighted by Gasteiger charge is -2.14. The van der Waals surface area contributed by atoms with Gasteiger partial charge < -0.3 is 11.1 Å². The van der Waals surface area contributed by atoms with Gasteiger partial charge in [0, 0.05) is 19.0 Å². The van der Waals surface area contributed by atoms with E-state index in [4.69, 9.17) is 5.73 Å². The number of hydrogen-bond acceptors (Lipinski definition) is 3. The van der Waals surface area contributed by atoms with Crippen molar-refractivity contribution in [3.63, 3.8) is 0 Å². The maximum absolute atomic E-state index is 12.1. The summed E-state index contributed by atoms with van der Waals surface area (Å²) in [6, 6.07) is 0.186. The second-order valence-corrected chi connectivity index (χ2v) is 5.47. The number of aromatic nitrogens is 2. The number of anilines is 1. The van der Waals surface area contributed by atoms with Crippen molar-refractivity contribution >= 4 is 24.0 Å². The van der Waals surface area contributed by atoms with E-state index in [1.165, 1.54) is 0 Å². The van der Waals surface area contributed by atoms with Gasteiger partial charge in [0.2, 0.25) is 5.91 Å². The second-order valence-electron chi connectivity index (χ2n) is 5.47. The largest absolute Gasteiger partial charge is 0.327 e. The Kier molecular flexibility index (Phi) is 6.02. The van der Waals surface area contributed by atoms with Crippen molar-refractivity contribution in [2.75, 3.05) is 5.32 Å². The first-order chi connectivity index (χ1) is 9.02. The Bertz CT molecular complexity index is 472. The molecule has 114 valence electrons. The summed E-state index contributed by atoms with van der Waals surface area (Å²) < 4.78 is 1.91. The van der Waals surface area contributed by atoms with Crippen LogP contribution in [0.1, 0.15) is 44.0 Å². The average molecular weight is 301 g/mol. The molecule has 2 rings (SSSR count). The quantitative estimate of drug-likeness (QED) is 0.897. The first kappa shape index (κ1) is 17.0. The van der Waals surface area contributed by atoms with Crippen LogP contribution in [0.25, 0.3) is 0 Å². The molecule has 0 bridgehead atoms. The van der Waals surface area contributed by atoms with Crippen LogP contribution in [0.15, 0.2) is 0 Å². The first-order valence-corrected chi connectivity index (χ1v) is 7.12. The monoisotopic (exact) mass is 300 g/mol. The van der Waals surface area contributed by atoms with Gasteiger partial charge in [-0.1, -0.05) is 6.42 Å². The zero-order valence-corrected chi connectivity index (χ0v) is 13.3. The van der Waals surface area contributed by atoms with Gasteiger partial charge in [-0.15, -0.1) is 12.4 Å². The summed E-state index contributed by atoms with van der Waals surface area (Å²) in [5, 5.41) is 7.41. The fourth-order valence-electron chi connectivity index (χ4n) is 2.93. The Morgan fingerprint density at radius 3 is 2.65 bits per heavy atom. The summed E-state index contributed by atoms with van der Waals surface area (Å²) in [6.07, 6.45) is 3.78. The van der Waals surface area contributed by atoms with E-state index in [2.05, 4.69) is 10.4 Å². The first-order valence-electron chi connectivity index (χ1n) is 7.12. The predicted molar refractivity (Wildman–Crippen MR) is 83.2 cm³/mol. The van der Waals surface area contributed by atoms with E-state index in [0.29, 0.717) is 12.3 Å². The van der Waals surface area contributed by atoms with Gasteiger partial charge in [0.1, 0.15) is 0 Å². The lowest BCUT2D eigenvalue weighted by atomic mass is 10.00. The number of amides is 1. The molecule has 1 saturated carbocycles. The van der Waals surface area contributed by atoms with Crippen LogP contribution in [0.2, 0.25) is 0 Å². The molecule has 3 N–H and O–H groups in total. The standard InChI is InChI=1S/C14H24N4O.ClH/c1-4-18-10(3)14(9(2)17-18)16-13(19)8-11-6-5-7-12(11)15;/h11-12H,4-8,15H2,1-3H3,(H,16,19);1H/t11-,12+;/m0./s1. The van der Waals surface area contributed by atoms with E-state index in [-0.39, 0.29) is 24.4 Å². The minimum absolute atomic E-state index is 0. The van der Waals surface area contributed by atoms with Crippen molar-refractivity contribution < 1.29 is 4.79 Å². The van der Waals surface area contributed by atoms with E-state index in [9.17, 15) is 4.79 Å². The molecule has 1 fully saturated rings.